The number of halogens is 1. The summed E-state index contributed by atoms with van der Waals surface area (Å²) in [5.41, 5.74) is -1.33. The summed E-state index contributed by atoms with van der Waals surface area (Å²) in [5, 5.41) is 4.23. The van der Waals surface area contributed by atoms with Gasteiger partial charge < -0.3 is 14.8 Å². The van der Waals surface area contributed by atoms with E-state index in [9.17, 15) is 9.59 Å². The molecule has 0 spiro atoms. The molecule has 18 heavy (non-hydrogen) atoms. The van der Waals surface area contributed by atoms with Crippen molar-refractivity contribution in [1.29, 1.82) is 0 Å². The number of carbonyl (C=O) groups excluding carboxylic acids is 2. The number of ether oxygens (including phenoxy) is 1. The van der Waals surface area contributed by atoms with Crippen molar-refractivity contribution in [2.75, 3.05) is 0 Å². The topological polar surface area (TPSA) is 68.3 Å². The lowest BCUT2D eigenvalue weighted by molar-refractivity contribution is -0.113. The minimum atomic E-state index is -1.19. The van der Waals surface area contributed by atoms with Gasteiger partial charge in [-0.25, -0.2) is 9.78 Å². The number of thiazole rings is 1. The monoisotopic (exact) mass is 334 g/mol. The Kier molecular flexibility index (Phi) is 4.50. The summed E-state index contributed by atoms with van der Waals surface area (Å²) in [6.07, 6.45) is -0.0143. The number of amides is 1. The number of hydrogen-bond donors (Lipinski definition) is 1. The fourth-order valence-electron chi connectivity index (χ4n) is 1.16. The Morgan fingerprint density at radius 1 is 1.50 bits per heavy atom. The standard InChI is InChI=1S/C11H15BrN2O3S/c1-10(2,3)17-9(16)14-11(4,6-15)7-5-18-8(12)13-7/h5-6H,1-4H3,(H,14,16). The summed E-state index contributed by atoms with van der Waals surface area (Å²) in [6, 6.07) is 0. The molecule has 1 heterocycles. The summed E-state index contributed by atoms with van der Waals surface area (Å²) in [4.78, 5) is 27.0. The van der Waals surface area contributed by atoms with Crippen LogP contribution in [0.5, 0.6) is 0 Å². The van der Waals surface area contributed by atoms with E-state index in [0.29, 0.717) is 15.9 Å². The molecule has 0 aliphatic carbocycles. The number of nitrogens with one attached hydrogen (secondary N) is 1. The van der Waals surface area contributed by atoms with E-state index in [-0.39, 0.29) is 0 Å². The van der Waals surface area contributed by atoms with Crippen LogP contribution < -0.4 is 5.32 Å². The number of nitrogens with zero attached hydrogens (tertiary/aromatic N) is 1. The summed E-state index contributed by atoms with van der Waals surface area (Å²) < 4.78 is 5.77. The molecule has 0 fully saturated rings. The maximum Gasteiger partial charge on any atom is 0.408 e. The molecule has 0 aromatic carbocycles. The van der Waals surface area contributed by atoms with Gasteiger partial charge in [0.15, 0.2) is 10.2 Å². The molecular weight excluding hydrogens is 320 g/mol. The fourth-order valence-corrected chi connectivity index (χ4v) is 2.29. The average molecular weight is 335 g/mol. The molecule has 0 aliphatic rings. The fraction of sp³-hybridized carbons (Fsp3) is 0.545. The second-order valence-corrected chi connectivity index (χ2v) is 7.07. The van der Waals surface area contributed by atoms with Gasteiger partial charge in [0.1, 0.15) is 11.1 Å². The molecule has 0 radical (unpaired) electrons. The van der Waals surface area contributed by atoms with Gasteiger partial charge in [-0.3, -0.25) is 0 Å². The summed E-state index contributed by atoms with van der Waals surface area (Å²) in [7, 11) is 0. The highest BCUT2D eigenvalue weighted by Gasteiger charge is 2.32. The van der Waals surface area contributed by atoms with Crippen molar-refractivity contribution in [2.45, 2.75) is 38.8 Å². The number of rotatable bonds is 3. The molecule has 7 heteroatoms. The van der Waals surface area contributed by atoms with E-state index in [1.165, 1.54) is 11.3 Å². The van der Waals surface area contributed by atoms with Crippen molar-refractivity contribution < 1.29 is 14.3 Å². The molecule has 1 amide bonds. The highest BCUT2D eigenvalue weighted by atomic mass is 79.9. The van der Waals surface area contributed by atoms with Crippen molar-refractivity contribution >= 4 is 39.6 Å². The van der Waals surface area contributed by atoms with Gasteiger partial charge in [0.05, 0.1) is 5.69 Å². The van der Waals surface area contributed by atoms with Crippen LogP contribution in [0, 0.1) is 0 Å². The number of carbonyl (C=O) groups is 2. The van der Waals surface area contributed by atoms with Crippen LogP contribution in [-0.2, 0) is 15.1 Å². The third-order valence-corrected chi connectivity index (χ3v) is 3.37. The third-order valence-electron chi connectivity index (χ3n) is 2.00. The first kappa shape index (κ1) is 15.1. The van der Waals surface area contributed by atoms with E-state index >= 15 is 0 Å². The van der Waals surface area contributed by atoms with Crippen molar-refractivity contribution in [2.24, 2.45) is 0 Å². The highest BCUT2D eigenvalue weighted by molar-refractivity contribution is 9.11. The maximum absolute atomic E-state index is 11.7. The molecule has 5 nitrogen and oxygen atoms in total. The van der Waals surface area contributed by atoms with Gasteiger partial charge in [0.25, 0.3) is 0 Å². The van der Waals surface area contributed by atoms with Crippen LogP contribution in [0.1, 0.15) is 33.4 Å². The lowest BCUT2D eigenvalue weighted by atomic mass is 10.0. The van der Waals surface area contributed by atoms with Crippen LogP contribution in [0.15, 0.2) is 9.30 Å². The van der Waals surface area contributed by atoms with Crippen molar-refractivity contribution in [3.05, 3.63) is 15.0 Å². The third kappa shape index (κ3) is 4.06. The molecule has 100 valence electrons. The Balaban J connectivity index is 2.84. The smallest absolute Gasteiger partial charge is 0.408 e. The van der Waals surface area contributed by atoms with Gasteiger partial charge in [0.2, 0.25) is 0 Å². The van der Waals surface area contributed by atoms with Crippen LogP contribution >= 0.6 is 27.3 Å². The van der Waals surface area contributed by atoms with Crippen LogP contribution in [0.2, 0.25) is 0 Å². The zero-order valence-electron chi connectivity index (χ0n) is 10.6. The SMILES string of the molecule is CC(C)(C)OC(=O)NC(C)(C=O)c1csc(Br)n1. The molecule has 0 bridgehead atoms. The first-order valence-corrected chi connectivity index (χ1v) is 6.92. The van der Waals surface area contributed by atoms with Crippen LogP contribution in [0.3, 0.4) is 0 Å². The van der Waals surface area contributed by atoms with E-state index in [4.69, 9.17) is 4.74 Å². The molecule has 0 aliphatic heterocycles. The largest absolute Gasteiger partial charge is 0.444 e. The first-order valence-electron chi connectivity index (χ1n) is 5.25. The predicted molar refractivity (Wildman–Crippen MR) is 72.6 cm³/mol. The molecule has 1 N–H and O–H groups in total. The van der Waals surface area contributed by atoms with E-state index in [2.05, 4.69) is 26.2 Å². The van der Waals surface area contributed by atoms with Gasteiger partial charge in [0, 0.05) is 5.38 Å². The van der Waals surface area contributed by atoms with Gasteiger partial charge in [-0.1, -0.05) is 0 Å². The Hall–Kier alpha value is -0.950. The predicted octanol–water partition coefficient (Wildman–Crippen LogP) is 2.84. The Bertz CT molecular complexity index is 455. The Labute approximate surface area is 118 Å². The lowest BCUT2D eigenvalue weighted by Gasteiger charge is -2.26. The van der Waals surface area contributed by atoms with Gasteiger partial charge >= 0.3 is 6.09 Å². The highest BCUT2D eigenvalue weighted by Crippen LogP contribution is 2.24. The second-order valence-electron chi connectivity index (χ2n) is 4.93. The molecule has 1 atom stereocenters. The van der Waals surface area contributed by atoms with E-state index in [1.54, 1.807) is 33.1 Å². The minimum Gasteiger partial charge on any atom is -0.444 e. The van der Waals surface area contributed by atoms with E-state index in [1.807, 2.05) is 0 Å². The summed E-state index contributed by atoms with van der Waals surface area (Å²) >= 11 is 4.56. The van der Waals surface area contributed by atoms with Gasteiger partial charge in [-0.05, 0) is 43.6 Å². The maximum atomic E-state index is 11.7. The zero-order valence-corrected chi connectivity index (χ0v) is 13.0. The summed E-state index contributed by atoms with van der Waals surface area (Å²) in [6.45, 7) is 6.84. The van der Waals surface area contributed by atoms with Gasteiger partial charge in [-0.15, -0.1) is 11.3 Å². The van der Waals surface area contributed by atoms with Crippen molar-refractivity contribution in [3.8, 4) is 0 Å². The zero-order chi connectivity index (χ0) is 14.0. The number of hydrogen-bond acceptors (Lipinski definition) is 5. The molecule has 1 aromatic heterocycles. The molecular formula is C11H15BrN2O3S. The second kappa shape index (κ2) is 5.36. The number of aldehydes is 1. The molecule has 0 saturated heterocycles. The van der Waals surface area contributed by atoms with Crippen LogP contribution in [-0.4, -0.2) is 23.0 Å². The van der Waals surface area contributed by atoms with E-state index in [0.717, 1.165) is 0 Å². The average Bonchev–Trinajstić information content (AvgIpc) is 2.62. The molecule has 1 aromatic rings. The normalized spacial score (nSPS) is 14.7. The van der Waals surface area contributed by atoms with Crippen LogP contribution in [0.4, 0.5) is 4.79 Å². The van der Waals surface area contributed by atoms with Crippen LogP contribution in [0.25, 0.3) is 0 Å². The molecule has 0 saturated carbocycles. The lowest BCUT2D eigenvalue weighted by Crippen LogP contribution is -2.47. The number of aromatic nitrogens is 1. The molecule has 1 unspecified atom stereocenters. The van der Waals surface area contributed by atoms with E-state index < -0.39 is 17.2 Å². The quantitative estimate of drug-likeness (QED) is 0.863. The van der Waals surface area contributed by atoms with Crippen molar-refractivity contribution in [3.63, 3.8) is 0 Å². The minimum absolute atomic E-state index is 0.472. The van der Waals surface area contributed by atoms with Crippen molar-refractivity contribution in [1.82, 2.24) is 10.3 Å². The Morgan fingerprint density at radius 2 is 2.11 bits per heavy atom. The first-order chi connectivity index (χ1) is 8.16. The molecule has 1 rings (SSSR count). The van der Waals surface area contributed by atoms with Gasteiger partial charge in [-0.2, -0.15) is 0 Å². The number of alkyl carbamates (subject to hydrolysis) is 1. The summed E-state index contributed by atoms with van der Waals surface area (Å²) in [5.74, 6) is 0. The Morgan fingerprint density at radius 3 is 2.50 bits per heavy atom.